The molecule has 0 saturated carbocycles. The third kappa shape index (κ3) is 10600. The minimum Gasteiger partial charge on any atom is -0.511 e. The smallest absolute Gasteiger partial charge is 0.511 e. The van der Waals surface area contributed by atoms with E-state index in [0.717, 1.165) is 0 Å². The van der Waals surface area contributed by atoms with Crippen molar-refractivity contribution in [3.8, 4) is 0 Å². The van der Waals surface area contributed by atoms with Gasteiger partial charge in [-0.25, -0.2) is 0 Å². The van der Waals surface area contributed by atoms with E-state index in [2.05, 4.69) is 0 Å². The van der Waals surface area contributed by atoms with Crippen molar-refractivity contribution in [3.05, 3.63) is 0 Å². The standard InChI is InChI=1S/H2O3Si.4H2O.Ti/c1-4(2)3;;;;;/h1-2H;4*1H2;. The summed E-state index contributed by atoms with van der Waals surface area (Å²) in [6.45, 7) is 0. The van der Waals surface area contributed by atoms with Crippen molar-refractivity contribution in [1.29, 1.82) is 0 Å². The third-order valence-electron chi connectivity index (χ3n) is 0. The maximum atomic E-state index is 8.74. The van der Waals surface area contributed by atoms with Gasteiger partial charge in [0.05, 0.1) is 0 Å². The molecule has 10 N–H and O–H groups in total. The Morgan fingerprint density at radius 1 is 0.889 bits per heavy atom. The first-order valence-electron chi connectivity index (χ1n) is 0.651. The van der Waals surface area contributed by atoms with E-state index in [-0.39, 0.29) is 43.6 Å². The Labute approximate surface area is 67.3 Å². The molecular formula is H10O7SiTi. The Hall–Kier alpha value is 0.171. The summed E-state index contributed by atoms with van der Waals surface area (Å²) in [5.41, 5.74) is 0. The summed E-state index contributed by atoms with van der Waals surface area (Å²) in [5.74, 6) is 0. The average molecular weight is 198 g/mol. The van der Waals surface area contributed by atoms with Crippen LogP contribution in [0.2, 0.25) is 0 Å². The minimum atomic E-state index is -3.13. The molecule has 0 aromatic rings. The molecule has 9 heavy (non-hydrogen) atoms. The molecule has 60 valence electrons. The fraction of sp³-hybridized carbons (Fsp3) is 0. The van der Waals surface area contributed by atoms with Gasteiger partial charge in [-0.2, -0.15) is 0 Å². The van der Waals surface area contributed by atoms with E-state index in [9.17, 15) is 0 Å². The molecule has 0 aromatic heterocycles. The minimum absolute atomic E-state index is 0. The van der Waals surface area contributed by atoms with Gasteiger partial charge >= 0.3 is 9.17 Å². The zero-order chi connectivity index (χ0) is 3.58. The van der Waals surface area contributed by atoms with Crippen LogP contribution in [0.25, 0.3) is 0 Å². The molecule has 0 spiro atoms. The number of rotatable bonds is 0. The Morgan fingerprint density at radius 3 is 0.889 bits per heavy atom. The molecule has 0 rings (SSSR count). The molecule has 0 aliphatic heterocycles. The molecule has 0 saturated heterocycles. The molecule has 0 radical (unpaired) electrons. The summed E-state index contributed by atoms with van der Waals surface area (Å²) in [7, 11) is -3.13. The molecule has 0 bridgehead atoms. The SMILES string of the molecule is O.O.O.O.O=[Si](O)O.[Ti]. The summed E-state index contributed by atoms with van der Waals surface area (Å²) in [4.78, 5) is 14.3. The van der Waals surface area contributed by atoms with E-state index in [1.807, 2.05) is 0 Å². The van der Waals surface area contributed by atoms with Gasteiger partial charge in [-0.3, -0.25) is 4.46 Å². The van der Waals surface area contributed by atoms with Crippen molar-refractivity contribution in [2.75, 3.05) is 0 Å². The van der Waals surface area contributed by atoms with Gasteiger partial charge in [0.15, 0.2) is 0 Å². The van der Waals surface area contributed by atoms with Gasteiger partial charge in [-0.1, -0.05) is 0 Å². The van der Waals surface area contributed by atoms with Gasteiger partial charge in [0.25, 0.3) is 0 Å². The van der Waals surface area contributed by atoms with Crippen molar-refractivity contribution < 1.29 is 57.7 Å². The average Bonchev–Trinajstić information content (AvgIpc) is 0.811. The van der Waals surface area contributed by atoms with Crippen LogP contribution in [0.15, 0.2) is 0 Å². The number of hydrogen-bond acceptors (Lipinski definition) is 1. The Kier molecular flexibility index (Phi) is 283. The first-order chi connectivity index (χ1) is 1.73. The summed E-state index contributed by atoms with van der Waals surface area (Å²) in [6, 6.07) is 0. The fourth-order valence-electron chi connectivity index (χ4n) is 0. The van der Waals surface area contributed by atoms with E-state index in [4.69, 9.17) is 14.1 Å². The molecular weight excluding hydrogens is 188 g/mol. The Balaban J connectivity index is -0.00000000450. The monoisotopic (exact) mass is 198 g/mol. The first-order valence-corrected chi connectivity index (χ1v) is 1.95. The summed E-state index contributed by atoms with van der Waals surface area (Å²) in [5, 5.41) is 0. The quantitative estimate of drug-likeness (QED) is 0.370. The molecule has 0 unspecified atom stereocenters. The van der Waals surface area contributed by atoms with Crippen molar-refractivity contribution in [2.24, 2.45) is 0 Å². The largest absolute Gasteiger partial charge is 0.761 e. The number of hydrogen-bond donors (Lipinski definition) is 2. The van der Waals surface area contributed by atoms with Crippen molar-refractivity contribution >= 4 is 9.17 Å². The summed E-state index contributed by atoms with van der Waals surface area (Å²) >= 11 is 0. The van der Waals surface area contributed by atoms with Crippen molar-refractivity contribution in [1.82, 2.24) is 0 Å². The molecule has 0 aliphatic carbocycles. The molecule has 0 atom stereocenters. The maximum Gasteiger partial charge on any atom is 0.761 e. The molecule has 7 nitrogen and oxygen atoms in total. The molecule has 0 amide bonds. The third-order valence-corrected chi connectivity index (χ3v) is 0. The molecule has 0 aromatic carbocycles. The van der Waals surface area contributed by atoms with Gasteiger partial charge in [0, 0.05) is 21.7 Å². The van der Waals surface area contributed by atoms with E-state index >= 15 is 0 Å². The van der Waals surface area contributed by atoms with Crippen LogP contribution in [0.5, 0.6) is 0 Å². The van der Waals surface area contributed by atoms with Crippen LogP contribution in [0.1, 0.15) is 0 Å². The van der Waals surface area contributed by atoms with E-state index in [0.29, 0.717) is 0 Å². The second kappa shape index (κ2) is 41.8. The zero-order valence-corrected chi connectivity index (χ0v) is 6.86. The van der Waals surface area contributed by atoms with Crippen LogP contribution in [-0.4, -0.2) is 40.7 Å². The van der Waals surface area contributed by atoms with Crippen LogP contribution >= 0.6 is 0 Å². The second-order valence-corrected chi connectivity index (χ2v) is 0.848. The van der Waals surface area contributed by atoms with Crippen molar-refractivity contribution in [2.45, 2.75) is 0 Å². The first kappa shape index (κ1) is 60.9. The van der Waals surface area contributed by atoms with Crippen LogP contribution in [0, 0.1) is 0 Å². The van der Waals surface area contributed by atoms with E-state index in [1.165, 1.54) is 0 Å². The second-order valence-electron chi connectivity index (χ2n) is 0.283. The summed E-state index contributed by atoms with van der Waals surface area (Å²) < 4.78 is 8.74. The molecule has 0 aliphatic rings. The van der Waals surface area contributed by atoms with Crippen LogP contribution in [0.3, 0.4) is 0 Å². The predicted molar refractivity (Wildman–Crippen MR) is 25.3 cm³/mol. The zero-order valence-electron chi connectivity index (χ0n) is 4.30. The molecule has 0 fully saturated rings. The van der Waals surface area contributed by atoms with Gasteiger partial charge in [0.1, 0.15) is 0 Å². The van der Waals surface area contributed by atoms with Crippen LogP contribution in [-0.2, 0) is 26.2 Å². The van der Waals surface area contributed by atoms with Crippen LogP contribution < -0.4 is 0 Å². The van der Waals surface area contributed by atoms with Crippen molar-refractivity contribution in [3.63, 3.8) is 0 Å². The maximum absolute atomic E-state index is 8.74. The predicted octanol–water partition coefficient (Wildman–Crippen LogP) is -4.91. The van der Waals surface area contributed by atoms with Gasteiger partial charge in [-0.05, 0) is 0 Å². The van der Waals surface area contributed by atoms with E-state index in [1.54, 1.807) is 0 Å². The Bertz CT molecular complexity index is 31.9. The van der Waals surface area contributed by atoms with Gasteiger partial charge in [-0.15, -0.1) is 0 Å². The summed E-state index contributed by atoms with van der Waals surface area (Å²) in [6.07, 6.45) is 0. The fourth-order valence-corrected chi connectivity index (χ4v) is 0. The topological polar surface area (TPSA) is 184 Å². The van der Waals surface area contributed by atoms with E-state index < -0.39 is 9.17 Å². The molecule has 9 heteroatoms. The van der Waals surface area contributed by atoms with Gasteiger partial charge < -0.3 is 31.5 Å². The normalized spacial score (nSPS) is 2.67. The van der Waals surface area contributed by atoms with Crippen LogP contribution in [0.4, 0.5) is 0 Å². The molecule has 0 heterocycles. The Morgan fingerprint density at radius 2 is 0.889 bits per heavy atom. The van der Waals surface area contributed by atoms with Gasteiger partial charge in [0.2, 0.25) is 0 Å².